The average molecular weight is 263 g/mol. The fraction of sp³-hybridized carbons (Fsp3) is 0. The molecule has 0 aliphatic heterocycles. The van der Waals surface area contributed by atoms with Gasteiger partial charge in [0, 0.05) is 0 Å². The van der Waals surface area contributed by atoms with E-state index in [0.717, 1.165) is 12.1 Å². The SMILES string of the molecule is O=C(O)C(=O)c1ccc(O)c(Br)c1F. The van der Waals surface area contributed by atoms with E-state index in [0.29, 0.717) is 0 Å². The van der Waals surface area contributed by atoms with Gasteiger partial charge < -0.3 is 10.2 Å². The van der Waals surface area contributed by atoms with Gasteiger partial charge in [0.1, 0.15) is 5.75 Å². The van der Waals surface area contributed by atoms with E-state index < -0.39 is 28.9 Å². The van der Waals surface area contributed by atoms with Crippen LogP contribution in [0.15, 0.2) is 16.6 Å². The molecule has 0 aliphatic rings. The van der Waals surface area contributed by atoms with Crippen molar-refractivity contribution in [1.82, 2.24) is 0 Å². The molecule has 1 aromatic rings. The van der Waals surface area contributed by atoms with Crippen molar-refractivity contribution in [3.8, 4) is 5.75 Å². The molecule has 0 bridgehead atoms. The zero-order valence-corrected chi connectivity index (χ0v) is 8.21. The van der Waals surface area contributed by atoms with E-state index in [1.165, 1.54) is 0 Å². The number of ketones is 1. The van der Waals surface area contributed by atoms with Crippen LogP contribution in [0.2, 0.25) is 0 Å². The number of aliphatic carboxylic acids is 1. The summed E-state index contributed by atoms with van der Waals surface area (Å²) in [5, 5.41) is 17.3. The van der Waals surface area contributed by atoms with E-state index in [2.05, 4.69) is 15.9 Å². The van der Waals surface area contributed by atoms with Crippen LogP contribution in [0.25, 0.3) is 0 Å². The summed E-state index contributed by atoms with van der Waals surface area (Å²) in [5.74, 6) is -4.59. The highest BCUT2D eigenvalue weighted by Crippen LogP contribution is 2.28. The van der Waals surface area contributed by atoms with E-state index in [-0.39, 0.29) is 4.47 Å². The Morgan fingerprint density at radius 3 is 2.43 bits per heavy atom. The summed E-state index contributed by atoms with van der Waals surface area (Å²) in [7, 11) is 0. The first kappa shape index (κ1) is 10.6. The summed E-state index contributed by atoms with van der Waals surface area (Å²) in [6, 6.07) is 1.94. The number of carbonyl (C=O) groups is 2. The monoisotopic (exact) mass is 262 g/mol. The molecule has 2 N–H and O–H groups in total. The van der Waals surface area contributed by atoms with Crippen LogP contribution in [0.5, 0.6) is 5.75 Å². The number of aromatic hydroxyl groups is 1. The van der Waals surface area contributed by atoms with Crippen molar-refractivity contribution in [1.29, 1.82) is 0 Å². The highest BCUT2D eigenvalue weighted by molar-refractivity contribution is 9.10. The molecule has 1 aromatic carbocycles. The molecule has 0 saturated carbocycles. The smallest absolute Gasteiger partial charge is 0.377 e. The number of benzene rings is 1. The molecule has 4 nitrogen and oxygen atoms in total. The predicted octanol–water partition coefficient (Wildman–Crippen LogP) is 1.56. The molecule has 1 rings (SSSR count). The van der Waals surface area contributed by atoms with E-state index in [1.54, 1.807) is 0 Å². The lowest BCUT2D eigenvalue weighted by Gasteiger charge is -2.02. The van der Waals surface area contributed by atoms with E-state index in [4.69, 9.17) is 10.2 Å². The topological polar surface area (TPSA) is 74.6 Å². The Balaban J connectivity index is 3.31. The third-order valence-electron chi connectivity index (χ3n) is 1.50. The van der Waals surface area contributed by atoms with Crippen molar-refractivity contribution in [2.75, 3.05) is 0 Å². The lowest BCUT2D eigenvalue weighted by molar-refractivity contribution is -0.131. The van der Waals surface area contributed by atoms with Gasteiger partial charge in [-0.1, -0.05) is 0 Å². The lowest BCUT2D eigenvalue weighted by Crippen LogP contribution is -2.14. The van der Waals surface area contributed by atoms with Gasteiger partial charge in [-0.2, -0.15) is 0 Å². The molecule has 74 valence electrons. The maximum atomic E-state index is 13.2. The molecule has 0 atom stereocenters. The Bertz CT molecular complexity index is 416. The highest BCUT2D eigenvalue weighted by atomic mass is 79.9. The number of carboxylic acid groups (broad SMARTS) is 1. The fourth-order valence-electron chi connectivity index (χ4n) is 0.830. The van der Waals surface area contributed by atoms with E-state index in [9.17, 15) is 14.0 Å². The van der Waals surface area contributed by atoms with Crippen molar-refractivity contribution in [3.05, 3.63) is 28.0 Å². The molecule has 0 fully saturated rings. The van der Waals surface area contributed by atoms with Crippen molar-refractivity contribution in [2.45, 2.75) is 0 Å². The molecular weight excluding hydrogens is 259 g/mol. The number of phenols is 1. The standard InChI is InChI=1S/C8H4BrFO4/c9-5-4(11)2-1-3(6(5)10)7(12)8(13)14/h1-2,11H,(H,13,14). The third-order valence-corrected chi connectivity index (χ3v) is 2.26. The summed E-state index contributed by atoms with van der Waals surface area (Å²) >= 11 is 2.68. The number of halogens is 2. The summed E-state index contributed by atoms with van der Waals surface area (Å²) in [4.78, 5) is 21.1. The highest BCUT2D eigenvalue weighted by Gasteiger charge is 2.21. The molecule has 6 heteroatoms. The number of carbonyl (C=O) groups excluding carboxylic acids is 1. The number of carboxylic acids is 1. The summed E-state index contributed by atoms with van der Waals surface area (Å²) in [6.45, 7) is 0. The van der Waals surface area contributed by atoms with Crippen LogP contribution in [0.4, 0.5) is 4.39 Å². The number of hydrogen-bond donors (Lipinski definition) is 2. The minimum absolute atomic E-state index is 0.329. The Kier molecular flexibility index (Phi) is 2.85. The molecule has 14 heavy (non-hydrogen) atoms. The van der Waals surface area contributed by atoms with Crippen LogP contribution in [0, 0.1) is 5.82 Å². The Morgan fingerprint density at radius 2 is 1.93 bits per heavy atom. The Hall–Kier alpha value is -1.43. The van der Waals surface area contributed by atoms with Crippen LogP contribution in [0.3, 0.4) is 0 Å². The average Bonchev–Trinajstić information content (AvgIpc) is 2.13. The van der Waals surface area contributed by atoms with Gasteiger partial charge in [0.2, 0.25) is 0 Å². The first-order valence-electron chi connectivity index (χ1n) is 3.39. The summed E-state index contributed by atoms with van der Waals surface area (Å²) < 4.78 is 12.9. The maximum Gasteiger partial charge on any atom is 0.377 e. The second-order valence-corrected chi connectivity index (χ2v) is 3.19. The minimum Gasteiger partial charge on any atom is -0.507 e. The molecule has 0 unspecified atom stereocenters. The number of Topliss-reactive ketones (excluding diaryl/α,β-unsaturated/α-hetero) is 1. The molecule has 0 saturated heterocycles. The van der Waals surface area contributed by atoms with E-state index in [1.807, 2.05) is 0 Å². The van der Waals surface area contributed by atoms with Gasteiger partial charge in [-0.15, -0.1) is 0 Å². The van der Waals surface area contributed by atoms with Crippen LogP contribution < -0.4 is 0 Å². The number of rotatable bonds is 2. The van der Waals surface area contributed by atoms with Crippen molar-refractivity contribution < 1.29 is 24.2 Å². The second kappa shape index (κ2) is 3.75. The van der Waals surface area contributed by atoms with Gasteiger partial charge in [0.15, 0.2) is 5.82 Å². The largest absolute Gasteiger partial charge is 0.507 e. The quantitative estimate of drug-likeness (QED) is 0.627. The molecule has 0 radical (unpaired) electrons. The summed E-state index contributed by atoms with van der Waals surface area (Å²) in [6.07, 6.45) is 0. The van der Waals surface area contributed by atoms with Crippen LogP contribution in [0.1, 0.15) is 10.4 Å². The molecular formula is C8H4BrFO4. The van der Waals surface area contributed by atoms with Gasteiger partial charge in [0.05, 0.1) is 10.0 Å². The van der Waals surface area contributed by atoms with Crippen LogP contribution in [-0.2, 0) is 4.79 Å². The fourth-order valence-corrected chi connectivity index (χ4v) is 1.18. The third kappa shape index (κ3) is 1.74. The van der Waals surface area contributed by atoms with E-state index >= 15 is 0 Å². The Morgan fingerprint density at radius 1 is 1.36 bits per heavy atom. The molecule has 0 amide bonds. The normalized spacial score (nSPS) is 9.86. The van der Waals surface area contributed by atoms with Crippen molar-refractivity contribution >= 4 is 27.7 Å². The van der Waals surface area contributed by atoms with Crippen LogP contribution in [-0.4, -0.2) is 22.0 Å². The minimum atomic E-state index is -1.75. The van der Waals surface area contributed by atoms with Gasteiger partial charge in [0.25, 0.3) is 5.78 Å². The predicted molar refractivity (Wildman–Crippen MR) is 47.7 cm³/mol. The lowest BCUT2D eigenvalue weighted by atomic mass is 10.1. The van der Waals surface area contributed by atoms with Gasteiger partial charge in [-0.05, 0) is 28.1 Å². The molecule has 0 spiro atoms. The first-order valence-corrected chi connectivity index (χ1v) is 4.19. The maximum absolute atomic E-state index is 13.2. The number of phenolic OH excluding ortho intramolecular Hbond substituents is 1. The van der Waals surface area contributed by atoms with Crippen molar-refractivity contribution in [3.63, 3.8) is 0 Å². The summed E-state index contributed by atoms with van der Waals surface area (Å²) in [5.41, 5.74) is -0.595. The van der Waals surface area contributed by atoms with Crippen molar-refractivity contribution in [2.24, 2.45) is 0 Å². The van der Waals surface area contributed by atoms with Crippen LogP contribution >= 0.6 is 15.9 Å². The van der Waals surface area contributed by atoms with Gasteiger partial charge >= 0.3 is 5.97 Å². The first-order chi connectivity index (χ1) is 6.45. The zero-order chi connectivity index (χ0) is 10.9. The zero-order valence-electron chi connectivity index (χ0n) is 6.62. The second-order valence-electron chi connectivity index (χ2n) is 2.39. The van der Waals surface area contributed by atoms with Gasteiger partial charge in [-0.25, -0.2) is 9.18 Å². The molecule has 0 heterocycles. The van der Waals surface area contributed by atoms with Gasteiger partial charge in [-0.3, -0.25) is 4.79 Å². The Labute approximate surface area is 86.1 Å². The number of hydrogen-bond acceptors (Lipinski definition) is 3. The molecule has 0 aromatic heterocycles. The molecule has 0 aliphatic carbocycles.